The molecule has 30 heavy (non-hydrogen) atoms. The average molecular weight is 402 g/mol. The number of nitrogens with zero attached hydrogens (tertiary/aromatic N) is 2. The third-order valence-electron chi connectivity index (χ3n) is 6.02. The Morgan fingerprint density at radius 2 is 1.77 bits per heavy atom. The zero-order chi connectivity index (χ0) is 21.4. The molecule has 5 heteroatoms. The smallest absolute Gasteiger partial charge is 0.322 e. The van der Waals surface area contributed by atoms with Crippen LogP contribution in [0.15, 0.2) is 66.4 Å². The Hall–Kier alpha value is -3.34. The number of carbonyl (C=O) groups is 2. The number of hydrogen-bond donors (Lipinski definition) is 1. The molecule has 3 amide bonds. The Bertz CT molecular complexity index is 1060. The molecular formula is C25H27N3O2. The van der Waals surface area contributed by atoms with E-state index in [0.717, 1.165) is 28.0 Å². The number of urea groups is 1. The van der Waals surface area contributed by atoms with Crippen LogP contribution in [0.4, 0.5) is 4.79 Å². The zero-order valence-electron chi connectivity index (χ0n) is 17.7. The summed E-state index contributed by atoms with van der Waals surface area (Å²) < 4.78 is 0. The minimum absolute atomic E-state index is 0.0226. The lowest BCUT2D eigenvalue weighted by Crippen LogP contribution is -2.47. The molecule has 0 saturated heterocycles. The van der Waals surface area contributed by atoms with Gasteiger partial charge in [-0.2, -0.15) is 0 Å². The monoisotopic (exact) mass is 401 g/mol. The van der Waals surface area contributed by atoms with E-state index < -0.39 is 6.04 Å². The van der Waals surface area contributed by atoms with Crippen molar-refractivity contribution in [2.75, 3.05) is 13.1 Å². The van der Waals surface area contributed by atoms with Gasteiger partial charge in [0, 0.05) is 13.1 Å². The quantitative estimate of drug-likeness (QED) is 0.765. The lowest BCUT2D eigenvalue weighted by atomic mass is 9.90. The third kappa shape index (κ3) is 3.41. The first kappa shape index (κ1) is 20.0. The van der Waals surface area contributed by atoms with E-state index in [0.29, 0.717) is 25.2 Å². The number of rotatable bonds is 5. The molecule has 2 heterocycles. The molecular weight excluding hydrogens is 374 g/mol. The molecule has 0 radical (unpaired) electrons. The Labute approximate surface area is 177 Å². The number of amides is 3. The standard InChI is InChI=1S/C25H27N3O2/c1-5-11-28-21-15-27(14-19-9-7-6-8-10-19)24(29)22(21)23(26-25(28)30)20-13-17(3)16(2)12-18(20)4/h5-10,12-13,23H,1,11,14-15H2,2-4H3,(H,26,30). The average Bonchev–Trinajstić information content (AvgIpc) is 3.04. The molecule has 0 bridgehead atoms. The van der Waals surface area contributed by atoms with E-state index >= 15 is 0 Å². The van der Waals surface area contributed by atoms with Crippen LogP contribution in [-0.2, 0) is 11.3 Å². The lowest BCUT2D eigenvalue weighted by Gasteiger charge is -2.33. The van der Waals surface area contributed by atoms with Crippen molar-refractivity contribution in [3.63, 3.8) is 0 Å². The molecule has 2 aromatic carbocycles. The SMILES string of the molecule is C=CCN1C(=O)NC(c2cc(C)c(C)cc2C)C2=C1CN(Cc1ccccc1)C2=O. The Morgan fingerprint density at radius 1 is 1.07 bits per heavy atom. The second kappa shape index (κ2) is 7.82. The molecule has 4 rings (SSSR count). The Morgan fingerprint density at radius 3 is 2.47 bits per heavy atom. The molecule has 1 unspecified atom stereocenters. The summed E-state index contributed by atoms with van der Waals surface area (Å²) in [6.45, 7) is 11.2. The van der Waals surface area contributed by atoms with Crippen molar-refractivity contribution < 1.29 is 9.59 Å². The maximum absolute atomic E-state index is 13.5. The summed E-state index contributed by atoms with van der Waals surface area (Å²) in [5, 5.41) is 3.08. The van der Waals surface area contributed by atoms with Gasteiger partial charge in [0.1, 0.15) is 0 Å². The summed E-state index contributed by atoms with van der Waals surface area (Å²) in [7, 11) is 0. The number of carbonyl (C=O) groups excluding carboxylic acids is 2. The van der Waals surface area contributed by atoms with Gasteiger partial charge >= 0.3 is 6.03 Å². The normalized spacial score (nSPS) is 18.6. The first-order valence-electron chi connectivity index (χ1n) is 10.2. The molecule has 0 saturated carbocycles. The molecule has 2 aliphatic heterocycles. The summed E-state index contributed by atoms with van der Waals surface area (Å²) in [6.07, 6.45) is 1.69. The summed E-state index contributed by atoms with van der Waals surface area (Å²) in [5.74, 6) is -0.0226. The van der Waals surface area contributed by atoms with E-state index in [1.165, 1.54) is 5.56 Å². The highest BCUT2D eigenvalue weighted by Crippen LogP contribution is 2.38. The maximum atomic E-state index is 13.5. The molecule has 1 N–H and O–H groups in total. The number of benzene rings is 2. The Kier molecular flexibility index (Phi) is 5.20. The molecule has 5 nitrogen and oxygen atoms in total. The molecule has 1 atom stereocenters. The van der Waals surface area contributed by atoms with E-state index in [-0.39, 0.29) is 11.9 Å². The van der Waals surface area contributed by atoms with Crippen LogP contribution in [-0.4, -0.2) is 34.8 Å². The fourth-order valence-corrected chi connectivity index (χ4v) is 4.33. The van der Waals surface area contributed by atoms with Crippen molar-refractivity contribution >= 4 is 11.9 Å². The van der Waals surface area contributed by atoms with Crippen molar-refractivity contribution in [2.24, 2.45) is 0 Å². The minimum atomic E-state index is -0.443. The van der Waals surface area contributed by atoms with Gasteiger partial charge in [-0.3, -0.25) is 9.69 Å². The van der Waals surface area contributed by atoms with Gasteiger partial charge in [0.15, 0.2) is 0 Å². The van der Waals surface area contributed by atoms with Crippen LogP contribution in [0.1, 0.15) is 33.9 Å². The highest BCUT2D eigenvalue weighted by atomic mass is 16.2. The van der Waals surface area contributed by atoms with E-state index in [9.17, 15) is 9.59 Å². The molecule has 154 valence electrons. The predicted molar refractivity (Wildman–Crippen MR) is 118 cm³/mol. The molecule has 0 aliphatic carbocycles. The van der Waals surface area contributed by atoms with E-state index in [2.05, 4.69) is 37.9 Å². The second-order valence-corrected chi connectivity index (χ2v) is 8.08. The van der Waals surface area contributed by atoms with Crippen LogP contribution in [0, 0.1) is 20.8 Å². The topological polar surface area (TPSA) is 52.7 Å². The van der Waals surface area contributed by atoms with Crippen molar-refractivity contribution in [1.82, 2.24) is 15.1 Å². The van der Waals surface area contributed by atoms with Gasteiger partial charge < -0.3 is 10.2 Å². The molecule has 0 aromatic heterocycles. The van der Waals surface area contributed by atoms with E-state index in [1.54, 1.807) is 11.0 Å². The highest BCUT2D eigenvalue weighted by Gasteiger charge is 2.44. The highest BCUT2D eigenvalue weighted by molar-refractivity contribution is 6.01. The van der Waals surface area contributed by atoms with Crippen LogP contribution >= 0.6 is 0 Å². The largest absolute Gasteiger partial charge is 0.329 e. The summed E-state index contributed by atoms with van der Waals surface area (Å²) in [4.78, 5) is 29.9. The first-order chi connectivity index (χ1) is 14.4. The van der Waals surface area contributed by atoms with Gasteiger partial charge in [-0.05, 0) is 48.6 Å². The maximum Gasteiger partial charge on any atom is 0.322 e. The van der Waals surface area contributed by atoms with Gasteiger partial charge in [-0.15, -0.1) is 6.58 Å². The summed E-state index contributed by atoms with van der Waals surface area (Å²) in [5.41, 5.74) is 6.91. The number of nitrogens with one attached hydrogen (secondary N) is 1. The molecule has 0 spiro atoms. The summed E-state index contributed by atoms with van der Waals surface area (Å²) in [6, 6.07) is 13.5. The second-order valence-electron chi connectivity index (χ2n) is 8.08. The fourth-order valence-electron chi connectivity index (χ4n) is 4.33. The van der Waals surface area contributed by atoms with Crippen molar-refractivity contribution in [3.05, 3.63) is 94.2 Å². The van der Waals surface area contributed by atoms with Gasteiger partial charge in [0.2, 0.25) is 0 Å². The van der Waals surface area contributed by atoms with Crippen LogP contribution in [0.5, 0.6) is 0 Å². The molecule has 0 fully saturated rings. The molecule has 2 aromatic rings. The Balaban J connectivity index is 1.76. The number of aryl methyl sites for hydroxylation is 3. The van der Waals surface area contributed by atoms with Crippen molar-refractivity contribution in [3.8, 4) is 0 Å². The van der Waals surface area contributed by atoms with Gasteiger partial charge in [0.05, 0.1) is 23.9 Å². The minimum Gasteiger partial charge on any atom is -0.329 e. The van der Waals surface area contributed by atoms with Crippen LogP contribution in [0.2, 0.25) is 0 Å². The zero-order valence-corrected chi connectivity index (χ0v) is 17.7. The molecule has 2 aliphatic rings. The van der Waals surface area contributed by atoms with Crippen molar-refractivity contribution in [1.29, 1.82) is 0 Å². The van der Waals surface area contributed by atoms with Crippen molar-refractivity contribution in [2.45, 2.75) is 33.4 Å². The van der Waals surface area contributed by atoms with Gasteiger partial charge in [-0.25, -0.2) is 4.79 Å². The van der Waals surface area contributed by atoms with Crippen LogP contribution in [0.25, 0.3) is 0 Å². The first-order valence-corrected chi connectivity index (χ1v) is 10.2. The van der Waals surface area contributed by atoms with Gasteiger partial charge in [0.25, 0.3) is 5.91 Å². The van der Waals surface area contributed by atoms with Gasteiger partial charge in [-0.1, -0.05) is 48.5 Å². The number of hydrogen-bond acceptors (Lipinski definition) is 2. The fraction of sp³-hybridized carbons (Fsp3) is 0.280. The van der Waals surface area contributed by atoms with E-state index in [4.69, 9.17) is 0 Å². The lowest BCUT2D eigenvalue weighted by molar-refractivity contribution is -0.126. The van der Waals surface area contributed by atoms with E-state index in [1.807, 2.05) is 42.2 Å². The summed E-state index contributed by atoms with van der Waals surface area (Å²) >= 11 is 0. The predicted octanol–water partition coefficient (Wildman–Crippen LogP) is 4.16. The third-order valence-corrected chi connectivity index (χ3v) is 6.02. The van der Waals surface area contributed by atoms with Crippen LogP contribution < -0.4 is 5.32 Å². The van der Waals surface area contributed by atoms with Crippen LogP contribution in [0.3, 0.4) is 0 Å².